The predicted octanol–water partition coefficient (Wildman–Crippen LogP) is 5.39. The van der Waals surface area contributed by atoms with E-state index in [2.05, 4.69) is 53.8 Å². The van der Waals surface area contributed by atoms with Crippen molar-refractivity contribution in [3.8, 4) is 5.75 Å². The Kier molecular flexibility index (Phi) is 10.0. The highest BCUT2D eigenvalue weighted by Crippen LogP contribution is 2.46. The van der Waals surface area contributed by atoms with Gasteiger partial charge in [-0.25, -0.2) is 13.8 Å². The van der Waals surface area contributed by atoms with Gasteiger partial charge in [0.2, 0.25) is 23.5 Å². The zero-order valence-corrected chi connectivity index (χ0v) is 34.9. The van der Waals surface area contributed by atoms with Crippen LogP contribution in [-0.2, 0) is 23.7 Å². The smallest absolute Gasteiger partial charge is 0.301 e. The second kappa shape index (κ2) is 15.4. The molecule has 15 nitrogen and oxygen atoms in total. The molecule has 3 N–H and O–H groups in total. The number of amides is 2. The molecule has 4 aliphatic heterocycles. The number of carbonyl (C=O) groups is 2. The quantitative estimate of drug-likeness (QED) is 0.172. The number of hydrogen-bond donors (Lipinski definition) is 3. The molecule has 7 heterocycles. The summed E-state index contributed by atoms with van der Waals surface area (Å²) >= 11 is 6.63. The minimum atomic E-state index is -3.13. The van der Waals surface area contributed by atoms with Crippen molar-refractivity contribution in [2.45, 2.75) is 56.4 Å². The molecule has 0 radical (unpaired) electrons. The van der Waals surface area contributed by atoms with E-state index in [1.165, 1.54) is 4.57 Å². The largest absolute Gasteiger partial charge is 0.480 e. The van der Waals surface area contributed by atoms with E-state index >= 15 is 8.78 Å². The van der Waals surface area contributed by atoms with E-state index < -0.39 is 30.0 Å². The topological polar surface area (TPSA) is 155 Å². The standard InChI is InChI=1S/C43H48ClF2N11O4/c1-53-32-9-5-26(19-30(32)36-37(41(53)60)61-23-43(45,46)38(50-36)25-3-4-25)48-39-31(44)21-47-42(51-39)57-13-11-24(12-14-57)22-55-15-17-56(18-16-55)27-6-7-28-33(20-27)54(2)52-35(28)29-8-10-34(58)49-40(29)59/h5-7,9,19-21,24-25,29,38,50H,3-4,8,10-18,22-23H2,1-2H3,(H,47,48,51)(H,49,58,59)/t29?,38-/m0/s1. The van der Waals surface area contributed by atoms with E-state index in [0.29, 0.717) is 65.0 Å². The van der Waals surface area contributed by atoms with Gasteiger partial charge in [0.1, 0.15) is 5.02 Å². The number of rotatable bonds is 8. The summed E-state index contributed by atoms with van der Waals surface area (Å²) < 4.78 is 39.1. The highest BCUT2D eigenvalue weighted by molar-refractivity contribution is 6.33. The van der Waals surface area contributed by atoms with Crippen molar-refractivity contribution in [2.24, 2.45) is 25.9 Å². The molecule has 2 atom stereocenters. The third-order valence-corrected chi connectivity index (χ3v) is 13.5. The van der Waals surface area contributed by atoms with Crippen LogP contribution in [0.15, 0.2) is 47.4 Å². The maximum Gasteiger partial charge on any atom is 0.301 e. The Bertz CT molecular complexity index is 2620. The number of carbonyl (C=O) groups excluding carboxylic acids is 2. The number of pyridine rings is 1. The fraction of sp³-hybridized carbons (Fsp3) is 0.488. The van der Waals surface area contributed by atoms with Crippen LogP contribution in [0.5, 0.6) is 5.75 Å². The summed E-state index contributed by atoms with van der Waals surface area (Å²) in [5.41, 5.74) is 3.84. The molecule has 61 heavy (non-hydrogen) atoms. The molecule has 1 saturated carbocycles. The number of aromatic nitrogens is 5. The number of benzene rings is 2. The molecule has 3 saturated heterocycles. The summed E-state index contributed by atoms with van der Waals surface area (Å²) in [7, 11) is 3.51. The minimum absolute atomic E-state index is 0.105. The van der Waals surface area contributed by atoms with Gasteiger partial charge in [-0.2, -0.15) is 10.1 Å². The van der Waals surface area contributed by atoms with Crippen LogP contribution in [-0.4, -0.2) is 105 Å². The molecule has 3 aromatic heterocycles. The second-order valence-corrected chi connectivity index (χ2v) is 17.6. The fourth-order valence-electron chi connectivity index (χ4n) is 9.57. The van der Waals surface area contributed by atoms with Crippen molar-refractivity contribution in [1.29, 1.82) is 0 Å². The molecule has 0 spiro atoms. The number of fused-ring (bicyclic) bond motifs is 4. The molecule has 2 amide bonds. The summed E-state index contributed by atoms with van der Waals surface area (Å²) in [5.74, 6) is -2.80. The maximum absolute atomic E-state index is 15.2. The number of anilines is 5. The van der Waals surface area contributed by atoms with Gasteiger partial charge in [-0.05, 0) is 80.3 Å². The molecule has 5 aliphatic rings. The van der Waals surface area contributed by atoms with Crippen LogP contribution in [0, 0.1) is 11.8 Å². The Morgan fingerprint density at radius 1 is 0.918 bits per heavy atom. The van der Waals surface area contributed by atoms with Crippen LogP contribution in [0.2, 0.25) is 5.02 Å². The van der Waals surface area contributed by atoms with Gasteiger partial charge < -0.3 is 29.7 Å². The van der Waals surface area contributed by atoms with Crippen LogP contribution < -0.4 is 36.0 Å². The zero-order chi connectivity index (χ0) is 42.2. The van der Waals surface area contributed by atoms with Crippen molar-refractivity contribution in [3.05, 3.63) is 63.7 Å². The number of imide groups is 1. The molecule has 2 aromatic carbocycles. The van der Waals surface area contributed by atoms with Crippen LogP contribution in [0.25, 0.3) is 21.8 Å². The lowest BCUT2D eigenvalue weighted by atomic mass is 9.93. The minimum Gasteiger partial charge on any atom is -0.480 e. The molecule has 0 bridgehead atoms. The SMILES string of the molecule is Cn1nc(C2CCC(=O)NC2=O)c2ccc(N3CCN(CC4CCN(c5ncc(Cl)c(Nc6ccc7c(c6)c6c(c(=O)n7C)OCC(F)(F)[C@H](C7CC7)N6)n5)CC4)CC3)cc21. The number of ether oxygens (including phenoxy) is 1. The molecule has 18 heteroatoms. The number of nitrogens with zero attached hydrogens (tertiary/aromatic N) is 8. The molecule has 5 aromatic rings. The first-order valence-electron chi connectivity index (χ1n) is 21.2. The summed E-state index contributed by atoms with van der Waals surface area (Å²) in [6.07, 6.45) is 5.80. The van der Waals surface area contributed by atoms with Gasteiger partial charge in [0.15, 0.2) is 12.4 Å². The lowest BCUT2D eigenvalue weighted by Crippen LogP contribution is -2.49. The summed E-state index contributed by atoms with van der Waals surface area (Å²) in [6.45, 7) is 5.55. The predicted molar refractivity (Wildman–Crippen MR) is 230 cm³/mol. The molecular weight excluding hydrogens is 808 g/mol. The van der Waals surface area contributed by atoms with Gasteiger partial charge in [0, 0.05) is 88.5 Å². The lowest BCUT2D eigenvalue weighted by Gasteiger charge is -2.39. The number of halogens is 3. The first-order chi connectivity index (χ1) is 29.4. The van der Waals surface area contributed by atoms with E-state index in [1.807, 2.05) is 17.8 Å². The highest BCUT2D eigenvalue weighted by Gasteiger charge is 2.51. The van der Waals surface area contributed by atoms with E-state index in [9.17, 15) is 14.4 Å². The Labute approximate surface area is 355 Å². The first kappa shape index (κ1) is 39.6. The van der Waals surface area contributed by atoms with E-state index in [0.717, 1.165) is 80.9 Å². The Balaban J connectivity index is 0.763. The summed E-state index contributed by atoms with van der Waals surface area (Å²) in [6, 6.07) is 10.6. The maximum atomic E-state index is 15.2. The van der Waals surface area contributed by atoms with Crippen LogP contribution in [0.1, 0.15) is 50.1 Å². The summed E-state index contributed by atoms with van der Waals surface area (Å²) in [4.78, 5) is 54.1. The molecule has 1 aliphatic carbocycles. The molecular formula is C43H48ClF2N11O4. The van der Waals surface area contributed by atoms with Crippen molar-refractivity contribution >= 4 is 74.0 Å². The first-order valence-corrected chi connectivity index (χ1v) is 21.5. The van der Waals surface area contributed by atoms with E-state index in [-0.39, 0.29) is 29.2 Å². The third kappa shape index (κ3) is 7.49. The average Bonchev–Trinajstić information content (AvgIpc) is 4.06. The fourth-order valence-corrected chi connectivity index (χ4v) is 9.71. The van der Waals surface area contributed by atoms with Crippen LogP contribution >= 0.6 is 11.6 Å². The molecule has 320 valence electrons. The summed E-state index contributed by atoms with van der Waals surface area (Å²) in [5, 5.41) is 15.4. The Hall–Kier alpha value is -5.55. The number of hydrogen-bond acceptors (Lipinski definition) is 12. The number of piperazine rings is 1. The second-order valence-electron chi connectivity index (χ2n) is 17.2. The van der Waals surface area contributed by atoms with E-state index in [4.69, 9.17) is 26.4 Å². The molecule has 4 fully saturated rings. The van der Waals surface area contributed by atoms with Crippen molar-refractivity contribution in [3.63, 3.8) is 0 Å². The van der Waals surface area contributed by atoms with Gasteiger partial charge in [0.25, 0.3) is 5.56 Å². The van der Waals surface area contributed by atoms with Gasteiger partial charge in [-0.1, -0.05) is 11.6 Å². The number of aryl methyl sites for hydroxylation is 2. The molecule has 1 unspecified atom stereocenters. The number of nitrogens with one attached hydrogen (secondary N) is 3. The molecule has 10 rings (SSSR count). The Morgan fingerprint density at radius 2 is 1.70 bits per heavy atom. The van der Waals surface area contributed by atoms with Gasteiger partial charge >= 0.3 is 5.92 Å². The monoisotopic (exact) mass is 855 g/mol. The Morgan fingerprint density at radius 3 is 2.46 bits per heavy atom. The van der Waals surface area contributed by atoms with Crippen molar-refractivity contribution in [2.75, 3.05) is 72.9 Å². The van der Waals surface area contributed by atoms with Crippen LogP contribution in [0.3, 0.4) is 0 Å². The lowest BCUT2D eigenvalue weighted by molar-refractivity contribution is -0.134. The number of piperidine rings is 2. The normalized spacial score (nSPS) is 22.4. The van der Waals surface area contributed by atoms with Gasteiger partial charge in [0.05, 0.1) is 40.6 Å². The highest BCUT2D eigenvalue weighted by atomic mass is 35.5. The third-order valence-electron chi connectivity index (χ3n) is 13.2. The average molecular weight is 856 g/mol. The van der Waals surface area contributed by atoms with Crippen molar-refractivity contribution < 1.29 is 23.1 Å². The van der Waals surface area contributed by atoms with Crippen molar-refractivity contribution in [1.82, 2.24) is 34.5 Å². The van der Waals surface area contributed by atoms with Gasteiger partial charge in [-0.15, -0.1) is 0 Å². The van der Waals surface area contributed by atoms with Crippen LogP contribution in [0.4, 0.5) is 37.6 Å². The van der Waals surface area contributed by atoms with E-state index in [1.54, 1.807) is 25.4 Å². The van der Waals surface area contributed by atoms with Gasteiger partial charge in [-0.3, -0.25) is 29.3 Å². The zero-order valence-electron chi connectivity index (χ0n) is 34.1. The number of alkyl halides is 2.